The van der Waals surface area contributed by atoms with Crippen LogP contribution < -0.4 is 21.1 Å². The first-order valence-corrected chi connectivity index (χ1v) is 7.26. The normalized spacial score (nSPS) is 10.8. The number of hydrogen-bond acceptors (Lipinski definition) is 5. The zero-order chi connectivity index (χ0) is 16.9. The summed E-state index contributed by atoms with van der Waals surface area (Å²) in [6.07, 6.45) is 0. The average molecular weight is 346 g/mol. The molecule has 0 saturated heterocycles. The van der Waals surface area contributed by atoms with Gasteiger partial charge >= 0.3 is 5.97 Å². The van der Waals surface area contributed by atoms with Crippen molar-refractivity contribution in [2.45, 2.75) is 19.4 Å². The number of methoxy groups -OCH3 is 2. The maximum absolute atomic E-state index is 11.7. The molecule has 0 atom stereocenters. The quantitative estimate of drug-likeness (QED) is 0.557. The van der Waals surface area contributed by atoms with Gasteiger partial charge in [-0.2, -0.15) is 0 Å². The Kier molecular flexibility index (Phi) is 6.40. The predicted octanol–water partition coefficient (Wildman–Crippen LogP) is 2.16. The highest BCUT2D eigenvalue weighted by Crippen LogP contribution is 2.31. The fourth-order valence-electron chi connectivity index (χ4n) is 1.56. The molecule has 6 nitrogen and oxygen atoms in total. The highest BCUT2D eigenvalue weighted by molar-refractivity contribution is 7.80. The van der Waals surface area contributed by atoms with Crippen molar-refractivity contribution in [3.05, 3.63) is 22.7 Å². The molecule has 0 fully saturated rings. The zero-order valence-corrected chi connectivity index (χ0v) is 14.5. The number of anilines is 1. The van der Waals surface area contributed by atoms with Gasteiger partial charge in [-0.25, -0.2) is 4.79 Å². The van der Waals surface area contributed by atoms with Gasteiger partial charge in [-0.3, -0.25) is 0 Å². The number of nitrogens with one attached hydrogen (secondary N) is 2. The monoisotopic (exact) mass is 345 g/mol. The Bertz CT molecular complexity index is 573. The summed E-state index contributed by atoms with van der Waals surface area (Å²) in [6.45, 7) is 4.25. The van der Waals surface area contributed by atoms with Gasteiger partial charge in [-0.05, 0) is 32.1 Å². The van der Waals surface area contributed by atoms with Crippen LogP contribution in [0.4, 0.5) is 5.69 Å². The molecule has 0 aliphatic heterocycles. The highest BCUT2D eigenvalue weighted by Gasteiger charge is 2.17. The smallest absolute Gasteiger partial charge is 0.341 e. The number of carbonyl (C=O) groups is 1. The van der Waals surface area contributed by atoms with E-state index in [-0.39, 0.29) is 5.56 Å². The molecule has 1 rings (SSSR count). The van der Waals surface area contributed by atoms with Gasteiger partial charge < -0.3 is 25.8 Å². The van der Waals surface area contributed by atoms with Crippen molar-refractivity contribution in [2.24, 2.45) is 5.73 Å². The van der Waals surface area contributed by atoms with E-state index in [9.17, 15) is 4.79 Å². The number of ether oxygens (including phenoxy) is 2. The fourth-order valence-corrected chi connectivity index (χ4v) is 1.96. The summed E-state index contributed by atoms with van der Waals surface area (Å²) in [4.78, 5) is 11.7. The lowest BCUT2D eigenvalue weighted by molar-refractivity contribution is 0.0597. The number of hydrogen-bond donors (Lipinski definition) is 3. The number of halogens is 1. The molecule has 0 heterocycles. The van der Waals surface area contributed by atoms with Gasteiger partial charge in [0.2, 0.25) is 0 Å². The largest absolute Gasteiger partial charge is 0.496 e. The van der Waals surface area contributed by atoms with Gasteiger partial charge in [-0.15, -0.1) is 0 Å². The maximum atomic E-state index is 11.7. The molecule has 0 spiro atoms. The topological polar surface area (TPSA) is 85.6 Å². The molecule has 22 heavy (non-hydrogen) atoms. The van der Waals surface area contributed by atoms with Crippen molar-refractivity contribution in [3.8, 4) is 5.75 Å². The first-order chi connectivity index (χ1) is 10.2. The molecular formula is C14H20ClN3O3S. The molecule has 1 aromatic carbocycles. The van der Waals surface area contributed by atoms with Gasteiger partial charge in [0.25, 0.3) is 0 Å². The van der Waals surface area contributed by atoms with Crippen LogP contribution in [0.3, 0.4) is 0 Å². The van der Waals surface area contributed by atoms with Crippen LogP contribution in [0.1, 0.15) is 24.2 Å². The van der Waals surface area contributed by atoms with E-state index in [2.05, 4.69) is 15.4 Å². The maximum Gasteiger partial charge on any atom is 0.341 e. The van der Waals surface area contributed by atoms with E-state index in [0.29, 0.717) is 28.1 Å². The van der Waals surface area contributed by atoms with E-state index in [4.69, 9.17) is 34.3 Å². The van der Waals surface area contributed by atoms with Gasteiger partial charge in [0.15, 0.2) is 5.11 Å². The molecule has 0 aliphatic rings. The number of rotatable bonds is 5. The summed E-state index contributed by atoms with van der Waals surface area (Å²) in [6, 6.07) is 3.04. The third-order valence-corrected chi connectivity index (χ3v) is 3.21. The minimum absolute atomic E-state index is 0.238. The van der Waals surface area contributed by atoms with Crippen LogP contribution in [0.25, 0.3) is 0 Å². The molecule has 0 radical (unpaired) electrons. The molecule has 0 amide bonds. The number of nitrogens with two attached hydrogens (primary N) is 1. The summed E-state index contributed by atoms with van der Waals surface area (Å²) in [7, 11) is 2.74. The van der Waals surface area contributed by atoms with Crippen LogP contribution in [0.15, 0.2) is 12.1 Å². The summed E-state index contributed by atoms with van der Waals surface area (Å²) in [5, 5.41) is 6.62. The van der Waals surface area contributed by atoms with E-state index in [1.54, 1.807) is 6.07 Å². The predicted molar refractivity (Wildman–Crippen MR) is 91.8 cm³/mol. The zero-order valence-electron chi connectivity index (χ0n) is 13.0. The van der Waals surface area contributed by atoms with Gasteiger partial charge in [0, 0.05) is 18.2 Å². The molecule has 4 N–H and O–H groups in total. The van der Waals surface area contributed by atoms with Crippen LogP contribution in [-0.2, 0) is 4.74 Å². The lowest BCUT2D eigenvalue weighted by atomic mass is 10.1. The second-order valence-electron chi connectivity index (χ2n) is 5.32. The SMILES string of the molecule is COC(=O)c1cc(Cl)c(NC(=S)NCC(C)(C)N)cc1OC. The minimum atomic E-state index is -0.532. The van der Waals surface area contributed by atoms with Crippen molar-refractivity contribution in [1.29, 1.82) is 0 Å². The minimum Gasteiger partial charge on any atom is -0.496 e. The van der Waals surface area contributed by atoms with Crippen LogP contribution in [0.5, 0.6) is 5.75 Å². The Labute approximate surface area is 140 Å². The van der Waals surface area contributed by atoms with Gasteiger partial charge in [-0.1, -0.05) is 11.6 Å². The Balaban J connectivity index is 2.92. The summed E-state index contributed by atoms with van der Waals surface area (Å²) < 4.78 is 9.86. The molecule has 0 unspecified atom stereocenters. The molecule has 0 aromatic heterocycles. The number of thiocarbonyl (C=S) groups is 1. The fraction of sp³-hybridized carbons (Fsp3) is 0.429. The molecule has 0 saturated carbocycles. The van der Waals surface area contributed by atoms with E-state index in [1.165, 1.54) is 20.3 Å². The van der Waals surface area contributed by atoms with Gasteiger partial charge in [0.1, 0.15) is 11.3 Å². The molecule has 0 bridgehead atoms. The Morgan fingerprint density at radius 2 is 2.05 bits per heavy atom. The Morgan fingerprint density at radius 1 is 1.41 bits per heavy atom. The summed E-state index contributed by atoms with van der Waals surface area (Å²) >= 11 is 11.3. The first kappa shape index (κ1) is 18.5. The standard InChI is InChI=1S/C14H20ClN3O3S/c1-14(2,16)7-17-13(22)18-10-6-11(20-3)8(5-9(10)15)12(19)21-4/h5-6H,7,16H2,1-4H3,(H2,17,18,22). The van der Waals surface area contributed by atoms with Crippen LogP contribution >= 0.6 is 23.8 Å². The second kappa shape index (κ2) is 7.62. The van der Waals surface area contributed by atoms with Crippen molar-refractivity contribution in [2.75, 3.05) is 26.1 Å². The average Bonchev–Trinajstić information content (AvgIpc) is 2.45. The number of benzene rings is 1. The molecular weight excluding hydrogens is 326 g/mol. The van der Waals surface area contributed by atoms with Crippen molar-refractivity contribution in [1.82, 2.24) is 5.32 Å². The van der Waals surface area contributed by atoms with Crippen LogP contribution in [0, 0.1) is 0 Å². The third kappa shape index (κ3) is 5.32. The third-order valence-electron chi connectivity index (χ3n) is 2.65. The van der Waals surface area contributed by atoms with Crippen molar-refractivity contribution in [3.63, 3.8) is 0 Å². The molecule has 1 aromatic rings. The number of esters is 1. The molecule has 122 valence electrons. The summed E-state index contributed by atoms with van der Waals surface area (Å²) in [5.41, 5.74) is 6.22. The van der Waals surface area contributed by atoms with Gasteiger partial charge in [0.05, 0.1) is 24.9 Å². The lowest BCUT2D eigenvalue weighted by Crippen LogP contribution is -2.46. The van der Waals surface area contributed by atoms with E-state index >= 15 is 0 Å². The second-order valence-corrected chi connectivity index (χ2v) is 6.14. The molecule has 8 heteroatoms. The van der Waals surface area contributed by atoms with Crippen molar-refractivity contribution < 1.29 is 14.3 Å². The van der Waals surface area contributed by atoms with E-state index in [1.807, 2.05) is 13.8 Å². The molecule has 0 aliphatic carbocycles. The summed E-state index contributed by atoms with van der Waals surface area (Å²) in [5.74, 6) is -0.198. The van der Waals surface area contributed by atoms with E-state index < -0.39 is 11.5 Å². The number of carbonyl (C=O) groups excluding carboxylic acids is 1. The first-order valence-electron chi connectivity index (χ1n) is 6.47. The Morgan fingerprint density at radius 3 is 2.55 bits per heavy atom. The van der Waals surface area contributed by atoms with Crippen LogP contribution in [-0.4, -0.2) is 37.4 Å². The van der Waals surface area contributed by atoms with E-state index in [0.717, 1.165) is 0 Å². The van der Waals surface area contributed by atoms with Crippen molar-refractivity contribution >= 4 is 40.6 Å². The Hall–Kier alpha value is -1.57. The lowest BCUT2D eigenvalue weighted by Gasteiger charge is -2.21. The van der Waals surface area contributed by atoms with Crippen LogP contribution in [0.2, 0.25) is 5.02 Å². The highest BCUT2D eigenvalue weighted by atomic mass is 35.5.